The topological polar surface area (TPSA) is 35.5 Å². The summed E-state index contributed by atoms with van der Waals surface area (Å²) >= 11 is 0. The first-order valence-corrected chi connectivity index (χ1v) is 7.79. The molecule has 3 nitrogen and oxygen atoms in total. The van der Waals surface area contributed by atoms with Gasteiger partial charge in [0.25, 0.3) is 0 Å². The van der Waals surface area contributed by atoms with E-state index in [2.05, 4.69) is 17.1 Å². The van der Waals surface area contributed by atoms with Crippen molar-refractivity contribution in [2.45, 2.75) is 63.5 Å². The molecule has 2 rings (SSSR count). The van der Waals surface area contributed by atoms with Crippen molar-refractivity contribution in [3.63, 3.8) is 0 Å². The van der Waals surface area contributed by atoms with E-state index in [9.17, 15) is 5.11 Å². The molecular weight excluding hydrogens is 224 g/mol. The summed E-state index contributed by atoms with van der Waals surface area (Å²) in [5, 5.41) is 13.3. The van der Waals surface area contributed by atoms with Crippen LogP contribution >= 0.6 is 0 Å². The maximum Gasteiger partial charge on any atom is 0.0628 e. The smallest absolute Gasteiger partial charge is 0.0628 e. The molecule has 106 valence electrons. The van der Waals surface area contributed by atoms with Gasteiger partial charge in [-0.2, -0.15) is 0 Å². The predicted molar refractivity (Wildman–Crippen MR) is 75.7 cm³/mol. The van der Waals surface area contributed by atoms with Crippen LogP contribution in [0.3, 0.4) is 0 Å². The molecule has 2 N–H and O–H groups in total. The number of hydrogen-bond acceptors (Lipinski definition) is 3. The third kappa shape index (κ3) is 3.06. The summed E-state index contributed by atoms with van der Waals surface area (Å²) in [5.74, 6) is 0.691. The van der Waals surface area contributed by atoms with Crippen molar-refractivity contribution < 1.29 is 5.11 Å². The minimum Gasteiger partial charge on any atom is -0.394 e. The molecule has 1 saturated heterocycles. The van der Waals surface area contributed by atoms with Crippen LogP contribution in [0.4, 0.5) is 0 Å². The Morgan fingerprint density at radius 3 is 2.61 bits per heavy atom. The number of likely N-dealkylation sites (N-methyl/N-ethyl adjacent to an activating group) is 1. The summed E-state index contributed by atoms with van der Waals surface area (Å²) in [4.78, 5) is 2.65. The zero-order valence-electron chi connectivity index (χ0n) is 12.1. The van der Waals surface area contributed by atoms with E-state index in [1.165, 1.54) is 51.5 Å². The Morgan fingerprint density at radius 1 is 1.28 bits per heavy atom. The first-order valence-electron chi connectivity index (χ1n) is 7.79. The Labute approximate surface area is 112 Å². The number of nitrogens with one attached hydrogen (secondary N) is 1. The summed E-state index contributed by atoms with van der Waals surface area (Å²) in [6.45, 7) is 4.82. The van der Waals surface area contributed by atoms with Gasteiger partial charge in [-0.15, -0.1) is 0 Å². The van der Waals surface area contributed by atoms with Crippen LogP contribution in [-0.4, -0.2) is 48.3 Å². The number of aliphatic hydroxyl groups is 1. The maximum absolute atomic E-state index is 9.84. The molecule has 0 amide bonds. The minimum absolute atomic E-state index is 0.0384. The number of piperidine rings is 1. The molecule has 1 aliphatic carbocycles. The van der Waals surface area contributed by atoms with Crippen molar-refractivity contribution in [1.82, 2.24) is 10.2 Å². The van der Waals surface area contributed by atoms with Crippen LogP contribution < -0.4 is 5.32 Å². The quantitative estimate of drug-likeness (QED) is 0.729. The van der Waals surface area contributed by atoms with Crippen LogP contribution in [0, 0.1) is 5.92 Å². The van der Waals surface area contributed by atoms with E-state index in [4.69, 9.17) is 0 Å². The zero-order chi connectivity index (χ0) is 13.0. The molecule has 2 fully saturated rings. The van der Waals surface area contributed by atoms with Crippen molar-refractivity contribution in [1.29, 1.82) is 0 Å². The van der Waals surface area contributed by atoms with Crippen molar-refractivity contribution in [3.05, 3.63) is 0 Å². The highest BCUT2D eigenvalue weighted by molar-refractivity contribution is 5.03. The molecule has 2 unspecified atom stereocenters. The summed E-state index contributed by atoms with van der Waals surface area (Å²) < 4.78 is 0. The van der Waals surface area contributed by atoms with Gasteiger partial charge in [-0.1, -0.05) is 19.8 Å². The molecule has 2 aliphatic rings. The highest BCUT2D eigenvalue weighted by Crippen LogP contribution is 2.40. The average molecular weight is 254 g/mol. The van der Waals surface area contributed by atoms with Crippen molar-refractivity contribution in [2.24, 2.45) is 5.92 Å². The second-order valence-corrected chi connectivity index (χ2v) is 6.25. The molecule has 2 atom stereocenters. The number of likely N-dealkylation sites (tertiary alicyclic amines) is 1. The fourth-order valence-electron chi connectivity index (χ4n) is 3.60. The monoisotopic (exact) mass is 254 g/mol. The van der Waals surface area contributed by atoms with Crippen molar-refractivity contribution in [2.75, 3.05) is 26.7 Å². The molecule has 0 aromatic rings. The fourth-order valence-corrected chi connectivity index (χ4v) is 3.60. The van der Waals surface area contributed by atoms with Gasteiger partial charge in [-0.05, 0) is 51.6 Å². The zero-order valence-corrected chi connectivity index (χ0v) is 12.1. The second kappa shape index (κ2) is 6.36. The van der Waals surface area contributed by atoms with Crippen molar-refractivity contribution >= 4 is 0 Å². The summed E-state index contributed by atoms with van der Waals surface area (Å²) in [5.41, 5.74) is -0.0384. The van der Waals surface area contributed by atoms with E-state index in [0.29, 0.717) is 5.92 Å². The third-order valence-corrected chi connectivity index (χ3v) is 5.00. The van der Waals surface area contributed by atoms with Crippen LogP contribution in [0.15, 0.2) is 0 Å². The van der Waals surface area contributed by atoms with Crippen LogP contribution in [0.2, 0.25) is 0 Å². The van der Waals surface area contributed by atoms with E-state index in [-0.39, 0.29) is 12.1 Å². The summed E-state index contributed by atoms with van der Waals surface area (Å²) in [6, 6.07) is 0.752. The molecule has 0 aromatic carbocycles. The normalized spacial score (nSPS) is 29.2. The van der Waals surface area contributed by atoms with Crippen molar-refractivity contribution in [3.8, 4) is 0 Å². The first-order chi connectivity index (χ1) is 8.75. The number of hydrogen-bond donors (Lipinski definition) is 2. The van der Waals surface area contributed by atoms with Gasteiger partial charge < -0.3 is 10.4 Å². The molecule has 0 radical (unpaired) electrons. The fraction of sp³-hybridized carbons (Fsp3) is 1.00. The first kappa shape index (κ1) is 14.3. The van der Waals surface area contributed by atoms with Gasteiger partial charge in [-0.25, -0.2) is 0 Å². The lowest BCUT2D eigenvalue weighted by molar-refractivity contribution is 0.0549. The Morgan fingerprint density at radius 2 is 2.06 bits per heavy atom. The van der Waals surface area contributed by atoms with E-state index in [0.717, 1.165) is 12.6 Å². The molecule has 3 heteroatoms. The molecule has 18 heavy (non-hydrogen) atoms. The highest BCUT2D eigenvalue weighted by atomic mass is 16.3. The Balaban J connectivity index is 1.99. The van der Waals surface area contributed by atoms with Gasteiger partial charge >= 0.3 is 0 Å². The van der Waals surface area contributed by atoms with Gasteiger partial charge in [0, 0.05) is 12.6 Å². The van der Waals surface area contributed by atoms with E-state index < -0.39 is 0 Å². The van der Waals surface area contributed by atoms with Gasteiger partial charge in [0.05, 0.1) is 12.1 Å². The summed E-state index contributed by atoms with van der Waals surface area (Å²) in [7, 11) is 2.02. The van der Waals surface area contributed by atoms with Gasteiger partial charge in [0.2, 0.25) is 0 Å². The highest BCUT2D eigenvalue weighted by Gasteiger charge is 2.45. The van der Waals surface area contributed by atoms with E-state index in [1.54, 1.807) is 0 Å². The SMILES string of the molecule is CCCC1CCCCN1CC(CO)(NC)C1CC1. The molecule has 1 saturated carbocycles. The largest absolute Gasteiger partial charge is 0.394 e. The van der Waals surface area contributed by atoms with Crippen LogP contribution in [-0.2, 0) is 0 Å². The van der Waals surface area contributed by atoms with Crippen LogP contribution in [0.25, 0.3) is 0 Å². The lowest BCUT2D eigenvalue weighted by Gasteiger charge is -2.43. The average Bonchev–Trinajstić information content (AvgIpc) is 3.23. The Kier molecular flexibility index (Phi) is 5.05. The Bertz CT molecular complexity index is 247. The van der Waals surface area contributed by atoms with E-state index >= 15 is 0 Å². The minimum atomic E-state index is -0.0384. The summed E-state index contributed by atoms with van der Waals surface area (Å²) in [6.07, 6.45) is 9.23. The molecule has 0 spiro atoms. The standard InChI is InChI=1S/C15H30N2O/c1-3-6-14-7-4-5-10-17(14)11-15(12-18,16-2)13-8-9-13/h13-14,16,18H,3-12H2,1-2H3. The molecule has 0 bridgehead atoms. The molecular formula is C15H30N2O. The number of rotatable bonds is 7. The Hall–Kier alpha value is -0.120. The van der Waals surface area contributed by atoms with Gasteiger partial charge in [-0.3, -0.25) is 4.90 Å². The molecule has 1 aliphatic heterocycles. The molecule has 1 heterocycles. The molecule has 0 aromatic heterocycles. The number of aliphatic hydroxyl groups excluding tert-OH is 1. The third-order valence-electron chi connectivity index (χ3n) is 5.00. The maximum atomic E-state index is 9.84. The van der Waals surface area contributed by atoms with Gasteiger partial charge in [0.15, 0.2) is 0 Å². The number of nitrogens with zero attached hydrogens (tertiary/aromatic N) is 1. The lowest BCUT2D eigenvalue weighted by Crippen LogP contribution is -2.59. The van der Waals surface area contributed by atoms with Crippen LogP contribution in [0.5, 0.6) is 0 Å². The van der Waals surface area contributed by atoms with Gasteiger partial charge in [0.1, 0.15) is 0 Å². The van der Waals surface area contributed by atoms with E-state index in [1.807, 2.05) is 7.05 Å². The lowest BCUT2D eigenvalue weighted by atomic mass is 9.90. The second-order valence-electron chi connectivity index (χ2n) is 6.25. The van der Waals surface area contributed by atoms with Crippen LogP contribution in [0.1, 0.15) is 51.9 Å². The predicted octanol–water partition coefficient (Wildman–Crippen LogP) is 2.00.